The molecule has 2 rings (SSSR count). The van der Waals surface area contributed by atoms with Gasteiger partial charge in [0.1, 0.15) is 12.1 Å². The highest BCUT2D eigenvalue weighted by Gasteiger charge is 2.19. The molecule has 0 amide bonds. The van der Waals surface area contributed by atoms with E-state index in [1.807, 2.05) is 37.3 Å². The Morgan fingerprint density at radius 1 is 1.29 bits per heavy atom. The molecule has 0 aliphatic rings. The molecule has 0 saturated carbocycles. The molecule has 0 aliphatic heterocycles. The zero-order chi connectivity index (χ0) is 12.3. The molecular formula is C12H15N3O2. The SMILES string of the molecule is COC(C)c1noc(C(N)c2ccccc2)n1. The highest BCUT2D eigenvalue weighted by Crippen LogP contribution is 2.19. The van der Waals surface area contributed by atoms with E-state index in [0.717, 1.165) is 5.56 Å². The maximum atomic E-state index is 6.03. The molecule has 1 aromatic carbocycles. The lowest BCUT2D eigenvalue weighted by atomic mass is 10.1. The third kappa shape index (κ3) is 2.51. The summed E-state index contributed by atoms with van der Waals surface area (Å²) in [5.41, 5.74) is 6.97. The number of rotatable bonds is 4. The average Bonchev–Trinajstić information content (AvgIpc) is 2.87. The standard InChI is InChI=1S/C12H15N3O2/c1-8(16-2)11-14-12(17-15-11)10(13)9-6-4-3-5-7-9/h3-8,10H,13H2,1-2H3. The predicted octanol–water partition coefficient (Wildman–Crippen LogP) is 1.83. The molecule has 0 bridgehead atoms. The quantitative estimate of drug-likeness (QED) is 0.871. The molecule has 0 fully saturated rings. The van der Waals surface area contributed by atoms with Gasteiger partial charge in [-0.25, -0.2) is 0 Å². The normalized spacial score (nSPS) is 14.5. The van der Waals surface area contributed by atoms with E-state index in [1.54, 1.807) is 7.11 Å². The van der Waals surface area contributed by atoms with E-state index in [-0.39, 0.29) is 6.10 Å². The number of ether oxygens (including phenoxy) is 1. The Morgan fingerprint density at radius 3 is 2.65 bits per heavy atom. The Kier molecular flexibility index (Phi) is 3.51. The third-order valence-electron chi connectivity index (χ3n) is 2.60. The largest absolute Gasteiger partial charge is 0.374 e. The van der Waals surface area contributed by atoms with Gasteiger partial charge >= 0.3 is 0 Å². The Hall–Kier alpha value is -1.72. The van der Waals surface area contributed by atoms with Crippen LogP contribution in [-0.2, 0) is 4.74 Å². The van der Waals surface area contributed by atoms with Gasteiger partial charge in [-0.2, -0.15) is 4.98 Å². The van der Waals surface area contributed by atoms with Crippen LogP contribution in [0.1, 0.15) is 36.3 Å². The Morgan fingerprint density at radius 2 is 2.00 bits per heavy atom. The van der Waals surface area contributed by atoms with Gasteiger partial charge in [0.25, 0.3) is 0 Å². The molecule has 1 aromatic heterocycles. The molecule has 5 nitrogen and oxygen atoms in total. The second kappa shape index (κ2) is 5.07. The van der Waals surface area contributed by atoms with Crippen molar-refractivity contribution in [1.82, 2.24) is 10.1 Å². The smallest absolute Gasteiger partial charge is 0.248 e. The molecule has 1 heterocycles. The number of nitrogens with zero attached hydrogens (tertiary/aromatic N) is 2. The van der Waals surface area contributed by atoms with Crippen LogP contribution in [0.3, 0.4) is 0 Å². The summed E-state index contributed by atoms with van der Waals surface area (Å²) in [5.74, 6) is 0.906. The van der Waals surface area contributed by atoms with Gasteiger partial charge in [0.2, 0.25) is 5.89 Å². The van der Waals surface area contributed by atoms with Crippen LogP contribution in [0.4, 0.5) is 0 Å². The van der Waals surface area contributed by atoms with Gasteiger partial charge < -0.3 is 15.0 Å². The molecule has 90 valence electrons. The first-order chi connectivity index (χ1) is 8.22. The second-order valence-corrected chi connectivity index (χ2v) is 3.76. The van der Waals surface area contributed by atoms with E-state index in [0.29, 0.717) is 11.7 Å². The maximum absolute atomic E-state index is 6.03. The summed E-state index contributed by atoms with van der Waals surface area (Å²) < 4.78 is 10.2. The van der Waals surface area contributed by atoms with E-state index in [4.69, 9.17) is 15.0 Å². The zero-order valence-corrected chi connectivity index (χ0v) is 9.83. The van der Waals surface area contributed by atoms with E-state index in [1.165, 1.54) is 0 Å². The van der Waals surface area contributed by atoms with Crippen molar-refractivity contribution in [3.05, 3.63) is 47.6 Å². The van der Waals surface area contributed by atoms with E-state index >= 15 is 0 Å². The van der Waals surface area contributed by atoms with Gasteiger partial charge in [-0.05, 0) is 12.5 Å². The van der Waals surface area contributed by atoms with Crippen LogP contribution in [0, 0.1) is 0 Å². The highest BCUT2D eigenvalue weighted by molar-refractivity contribution is 5.23. The summed E-state index contributed by atoms with van der Waals surface area (Å²) in [6.07, 6.45) is -0.199. The topological polar surface area (TPSA) is 74.2 Å². The molecular weight excluding hydrogens is 218 g/mol. The minimum absolute atomic E-state index is 0.199. The fourth-order valence-electron chi connectivity index (χ4n) is 1.45. The molecule has 5 heteroatoms. The lowest BCUT2D eigenvalue weighted by Crippen LogP contribution is -2.12. The Labute approximate surface area is 99.6 Å². The molecule has 0 saturated heterocycles. The summed E-state index contributed by atoms with van der Waals surface area (Å²) >= 11 is 0. The molecule has 0 spiro atoms. The monoisotopic (exact) mass is 233 g/mol. The molecule has 0 aliphatic carbocycles. The molecule has 2 aromatic rings. The lowest BCUT2D eigenvalue weighted by molar-refractivity contribution is 0.109. The van der Waals surface area contributed by atoms with Gasteiger partial charge in [-0.1, -0.05) is 35.5 Å². The summed E-state index contributed by atoms with van der Waals surface area (Å²) in [6, 6.07) is 9.22. The number of hydrogen-bond acceptors (Lipinski definition) is 5. The average molecular weight is 233 g/mol. The number of nitrogens with two attached hydrogens (primary N) is 1. The minimum atomic E-state index is -0.401. The predicted molar refractivity (Wildman–Crippen MR) is 62.2 cm³/mol. The van der Waals surface area contributed by atoms with Crippen LogP contribution in [0.5, 0.6) is 0 Å². The van der Waals surface area contributed by atoms with Gasteiger partial charge in [-0.3, -0.25) is 0 Å². The van der Waals surface area contributed by atoms with Crippen molar-refractivity contribution in [2.45, 2.75) is 19.1 Å². The van der Waals surface area contributed by atoms with Crippen LogP contribution in [0.25, 0.3) is 0 Å². The summed E-state index contributed by atoms with van der Waals surface area (Å²) in [7, 11) is 1.60. The first-order valence-electron chi connectivity index (χ1n) is 5.39. The summed E-state index contributed by atoms with van der Waals surface area (Å²) in [5, 5.41) is 3.84. The summed E-state index contributed by atoms with van der Waals surface area (Å²) in [6.45, 7) is 1.85. The van der Waals surface area contributed by atoms with E-state index in [9.17, 15) is 0 Å². The fraction of sp³-hybridized carbons (Fsp3) is 0.333. The number of benzene rings is 1. The van der Waals surface area contributed by atoms with Crippen molar-refractivity contribution in [3.63, 3.8) is 0 Å². The van der Waals surface area contributed by atoms with Crippen LogP contribution >= 0.6 is 0 Å². The maximum Gasteiger partial charge on any atom is 0.248 e. The first-order valence-corrected chi connectivity index (χ1v) is 5.39. The Bertz CT molecular complexity index is 470. The molecule has 2 atom stereocenters. The van der Waals surface area contributed by atoms with Crippen molar-refractivity contribution in [3.8, 4) is 0 Å². The minimum Gasteiger partial charge on any atom is -0.374 e. The molecule has 2 N–H and O–H groups in total. The molecule has 17 heavy (non-hydrogen) atoms. The highest BCUT2D eigenvalue weighted by atomic mass is 16.5. The van der Waals surface area contributed by atoms with Crippen LogP contribution in [0.15, 0.2) is 34.9 Å². The number of aromatic nitrogens is 2. The van der Waals surface area contributed by atoms with Crippen LogP contribution < -0.4 is 5.73 Å². The van der Waals surface area contributed by atoms with Crippen LogP contribution in [0.2, 0.25) is 0 Å². The Balaban J connectivity index is 2.20. The van der Waals surface area contributed by atoms with Gasteiger partial charge in [0.15, 0.2) is 5.82 Å². The number of methoxy groups -OCH3 is 1. The van der Waals surface area contributed by atoms with Gasteiger partial charge in [0.05, 0.1) is 0 Å². The van der Waals surface area contributed by atoms with Crippen molar-refractivity contribution >= 4 is 0 Å². The lowest BCUT2D eigenvalue weighted by Gasteiger charge is -2.06. The van der Waals surface area contributed by atoms with E-state index < -0.39 is 6.04 Å². The van der Waals surface area contributed by atoms with Gasteiger partial charge in [-0.15, -0.1) is 0 Å². The van der Waals surface area contributed by atoms with Crippen LogP contribution in [-0.4, -0.2) is 17.3 Å². The molecule has 2 unspecified atom stereocenters. The number of hydrogen-bond donors (Lipinski definition) is 1. The zero-order valence-electron chi connectivity index (χ0n) is 9.83. The molecule has 0 radical (unpaired) electrons. The van der Waals surface area contributed by atoms with Crippen molar-refractivity contribution in [2.75, 3.05) is 7.11 Å². The fourth-order valence-corrected chi connectivity index (χ4v) is 1.45. The summed E-state index contributed by atoms with van der Waals surface area (Å²) in [4.78, 5) is 4.23. The first kappa shape index (κ1) is 11.8. The second-order valence-electron chi connectivity index (χ2n) is 3.76. The van der Waals surface area contributed by atoms with E-state index in [2.05, 4.69) is 10.1 Å². The van der Waals surface area contributed by atoms with Crippen molar-refractivity contribution < 1.29 is 9.26 Å². The van der Waals surface area contributed by atoms with Crippen molar-refractivity contribution in [2.24, 2.45) is 5.73 Å². The third-order valence-corrected chi connectivity index (χ3v) is 2.60. The van der Waals surface area contributed by atoms with Crippen molar-refractivity contribution in [1.29, 1.82) is 0 Å². The van der Waals surface area contributed by atoms with Gasteiger partial charge in [0, 0.05) is 7.11 Å².